The van der Waals surface area contributed by atoms with Gasteiger partial charge < -0.3 is 10.6 Å². The molecule has 0 spiro atoms. The Bertz CT molecular complexity index is 1010. The van der Waals surface area contributed by atoms with Gasteiger partial charge in [-0.25, -0.2) is 12.8 Å². The summed E-state index contributed by atoms with van der Waals surface area (Å²) >= 11 is 5.92. The number of halogens is 2. The third kappa shape index (κ3) is 6.26. The van der Waals surface area contributed by atoms with Crippen molar-refractivity contribution < 1.29 is 17.6 Å². The van der Waals surface area contributed by atoms with Crippen molar-refractivity contribution in [2.24, 2.45) is 5.73 Å². The number of sulfonamides is 1. The van der Waals surface area contributed by atoms with Crippen molar-refractivity contribution in [2.45, 2.75) is 25.8 Å². The molecular weight excluding hydrogens is 441 g/mol. The number of nitrogens with zero attached hydrogens (tertiary/aromatic N) is 2. The largest absolute Gasteiger partial charge is 0.324 e. The molecule has 1 aliphatic heterocycles. The molecule has 0 bridgehead atoms. The van der Waals surface area contributed by atoms with E-state index >= 15 is 0 Å². The quantitative estimate of drug-likeness (QED) is 0.541. The minimum Gasteiger partial charge on any atom is -0.324 e. The summed E-state index contributed by atoms with van der Waals surface area (Å²) < 4.78 is 41.4. The minimum absolute atomic E-state index is 0.0256. The first kappa shape index (κ1) is 23.7. The maximum absolute atomic E-state index is 13.7. The third-order valence-electron chi connectivity index (χ3n) is 5.39. The first-order valence-electron chi connectivity index (χ1n) is 10.3. The van der Waals surface area contributed by atoms with Gasteiger partial charge in [-0.05, 0) is 62.7 Å². The van der Waals surface area contributed by atoms with E-state index in [1.165, 1.54) is 16.4 Å². The van der Waals surface area contributed by atoms with Crippen LogP contribution in [0.4, 0.5) is 10.1 Å². The van der Waals surface area contributed by atoms with Crippen LogP contribution in [-0.2, 0) is 16.6 Å². The summed E-state index contributed by atoms with van der Waals surface area (Å²) in [6.45, 7) is 2.69. The molecule has 0 aliphatic carbocycles. The number of benzene rings is 2. The molecule has 9 heteroatoms. The van der Waals surface area contributed by atoms with Gasteiger partial charge in [0.15, 0.2) is 5.78 Å². The van der Waals surface area contributed by atoms with Gasteiger partial charge in [0.2, 0.25) is 10.0 Å². The van der Waals surface area contributed by atoms with Crippen LogP contribution in [0.25, 0.3) is 0 Å². The maximum atomic E-state index is 13.7. The van der Waals surface area contributed by atoms with E-state index in [2.05, 4.69) is 4.90 Å². The number of hydrogen-bond acceptors (Lipinski definition) is 5. The molecule has 2 aromatic carbocycles. The van der Waals surface area contributed by atoms with Gasteiger partial charge in [-0.3, -0.25) is 9.10 Å². The average molecular weight is 468 g/mol. The van der Waals surface area contributed by atoms with Gasteiger partial charge >= 0.3 is 0 Å². The molecule has 3 rings (SSSR count). The summed E-state index contributed by atoms with van der Waals surface area (Å²) in [5.41, 5.74) is 6.85. The average Bonchev–Trinajstić information content (AvgIpc) is 3.27. The second-order valence-corrected chi connectivity index (χ2v) is 10.1. The molecule has 6 nitrogen and oxygen atoms in total. The monoisotopic (exact) mass is 467 g/mol. The summed E-state index contributed by atoms with van der Waals surface area (Å²) in [6.07, 6.45) is 2.81. The third-order valence-corrected chi connectivity index (χ3v) is 7.50. The molecule has 2 aromatic rings. The van der Waals surface area contributed by atoms with E-state index in [4.69, 9.17) is 17.3 Å². The van der Waals surface area contributed by atoms with Crippen LogP contribution in [0.3, 0.4) is 0 Å². The highest BCUT2D eigenvalue weighted by atomic mass is 35.5. The number of nitrogens with two attached hydrogens (primary N) is 1. The number of carbonyl (C=O) groups is 1. The molecule has 1 fully saturated rings. The zero-order valence-corrected chi connectivity index (χ0v) is 18.8. The van der Waals surface area contributed by atoms with E-state index < -0.39 is 15.8 Å². The first-order chi connectivity index (χ1) is 14.8. The highest BCUT2D eigenvalue weighted by Gasteiger charge is 2.24. The fraction of sp³-hybridized carbons (Fsp3) is 0.409. The Morgan fingerprint density at radius 3 is 2.42 bits per heavy atom. The lowest BCUT2D eigenvalue weighted by atomic mass is 10.1. The lowest BCUT2D eigenvalue weighted by Crippen LogP contribution is -2.34. The topological polar surface area (TPSA) is 83.7 Å². The van der Waals surface area contributed by atoms with Crippen molar-refractivity contribution in [3.63, 3.8) is 0 Å². The van der Waals surface area contributed by atoms with E-state index in [-0.39, 0.29) is 29.6 Å². The summed E-state index contributed by atoms with van der Waals surface area (Å²) in [4.78, 5) is 14.0. The number of ketones is 1. The number of carbonyl (C=O) groups excluding carboxylic acids is 1. The van der Waals surface area contributed by atoms with Gasteiger partial charge in [0.25, 0.3) is 0 Å². The molecule has 1 aliphatic rings. The van der Waals surface area contributed by atoms with Crippen LogP contribution in [0.5, 0.6) is 0 Å². The number of Topliss-reactive ketones (excluding diaryl/α,β-unsaturated/α-hetero) is 1. The molecule has 1 saturated heterocycles. The normalized spacial score (nSPS) is 14.7. The number of rotatable bonds is 10. The first-order valence-corrected chi connectivity index (χ1v) is 12.3. The fourth-order valence-electron chi connectivity index (χ4n) is 3.66. The lowest BCUT2D eigenvalue weighted by molar-refractivity contribution is 0.100. The van der Waals surface area contributed by atoms with Crippen LogP contribution in [0, 0.1) is 5.82 Å². The molecule has 168 valence electrons. The van der Waals surface area contributed by atoms with Crippen molar-refractivity contribution in [1.29, 1.82) is 0 Å². The summed E-state index contributed by atoms with van der Waals surface area (Å²) in [5.74, 6) is -0.827. The van der Waals surface area contributed by atoms with Crippen LogP contribution < -0.4 is 10.0 Å². The van der Waals surface area contributed by atoms with Crippen LogP contribution in [0.1, 0.15) is 35.2 Å². The van der Waals surface area contributed by atoms with Crippen molar-refractivity contribution in [3.05, 3.63) is 64.4 Å². The van der Waals surface area contributed by atoms with Gasteiger partial charge in [0.05, 0.1) is 29.6 Å². The van der Waals surface area contributed by atoms with Gasteiger partial charge in [-0.15, -0.1) is 0 Å². The minimum atomic E-state index is -3.69. The van der Waals surface area contributed by atoms with Gasteiger partial charge in [-0.1, -0.05) is 35.9 Å². The van der Waals surface area contributed by atoms with E-state index in [1.807, 2.05) is 0 Å². The smallest absolute Gasteiger partial charge is 0.235 e. The Morgan fingerprint density at radius 1 is 1.13 bits per heavy atom. The second kappa shape index (κ2) is 10.5. The van der Waals surface area contributed by atoms with Gasteiger partial charge in [0.1, 0.15) is 5.82 Å². The SMILES string of the molecule is NCC(=O)c1ccc(CN(c2ccc(F)c(Cl)c2)S(=O)(=O)CCCN2CCCC2)cc1. The van der Waals surface area contributed by atoms with E-state index in [0.717, 1.165) is 38.5 Å². The Morgan fingerprint density at radius 2 is 1.81 bits per heavy atom. The van der Waals surface area contributed by atoms with Crippen LogP contribution in [0.2, 0.25) is 5.02 Å². The van der Waals surface area contributed by atoms with E-state index in [9.17, 15) is 17.6 Å². The molecule has 0 amide bonds. The Balaban J connectivity index is 1.81. The van der Waals surface area contributed by atoms with Crippen LogP contribution in [-0.4, -0.2) is 51.0 Å². The Hall–Kier alpha value is -2.00. The Kier molecular flexibility index (Phi) is 8.05. The van der Waals surface area contributed by atoms with Gasteiger partial charge in [0, 0.05) is 5.56 Å². The highest BCUT2D eigenvalue weighted by Crippen LogP contribution is 2.27. The zero-order chi connectivity index (χ0) is 22.4. The molecule has 0 unspecified atom stereocenters. The molecular formula is C22H27ClFN3O3S. The molecule has 0 saturated carbocycles. The number of likely N-dealkylation sites (tertiary alicyclic amines) is 1. The standard InChI is InChI=1S/C22H27ClFN3O3S/c23-20-14-19(8-9-21(20)24)27(16-17-4-6-18(7-5-17)22(28)15-25)31(29,30)13-3-12-26-10-1-2-11-26/h4-9,14H,1-3,10-13,15-16,25H2. The summed E-state index contributed by atoms with van der Waals surface area (Å²) in [6, 6.07) is 10.5. The molecule has 2 N–H and O–H groups in total. The molecule has 31 heavy (non-hydrogen) atoms. The van der Waals surface area contributed by atoms with Crippen molar-refractivity contribution in [1.82, 2.24) is 4.90 Å². The van der Waals surface area contributed by atoms with Crippen LogP contribution >= 0.6 is 11.6 Å². The van der Waals surface area contributed by atoms with Crippen molar-refractivity contribution >= 4 is 33.1 Å². The lowest BCUT2D eigenvalue weighted by Gasteiger charge is -2.25. The summed E-state index contributed by atoms with van der Waals surface area (Å²) in [7, 11) is -3.69. The molecule has 1 heterocycles. The predicted molar refractivity (Wildman–Crippen MR) is 121 cm³/mol. The predicted octanol–water partition coefficient (Wildman–Crippen LogP) is 3.44. The van der Waals surface area contributed by atoms with E-state index in [0.29, 0.717) is 23.2 Å². The van der Waals surface area contributed by atoms with E-state index in [1.54, 1.807) is 24.3 Å². The fourth-order valence-corrected chi connectivity index (χ4v) is 5.33. The number of hydrogen-bond donors (Lipinski definition) is 1. The molecule has 0 radical (unpaired) electrons. The number of anilines is 1. The van der Waals surface area contributed by atoms with Crippen molar-refractivity contribution in [2.75, 3.05) is 36.2 Å². The summed E-state index contributed by atoms with van der Waals surface area (Å²) in [5, 5.41) is -0.140. The van der Waals surface area contributed by atoms with Crippen LogP contribution in [0.15, 0.2) is 42.5 Å². The molecule has 0 atom stereocenters. The van der Waals surface area contributed by atoms with Crippen molar-refractivity contribution in [3.8, 4) is 0 Å². The Labute approximate surface area is 187 Å². The maximum Gasteiger partial charge on any atom is 0.235 e. The second-order valence-electron chi connectivity index (χ2n) is 7.65. The molecule has 0 aromatic heterocycles. The zero-order valence-electron chi connectivity index (χ0n) is 17.3. The van der Waals surface area contributed by atoms with Gasteiger partial charge in [-0.2, -0.15) is 0 Å². The highest BCUT2D eigenvalue weighted by molar-refractivity contribution is 7.92.